The summed E-state index contributed by atoms with van der Waals surface area (Å²) in [6.07, 6.45) is 2.61. The number of halogens is 2. The summed E-state index contributed by atoms with van der Waals surface area (Å²) in [4.78, 5) is 14.7. The van der Waals surface area contributed by atoms with Crippen molar-refractivity contribution in [3.63, 3.8) is 0 Å². The zero-order chi connectivity index (χ0) is 18.5. The van der Waals surface area contributed by atoms with Crippen molar-refractivity contribution in [1.29, 1.82) is 0 Å². The van der Waals surface area contributed by atoms with Crippen molar-refractivity contribution in [2.24, 2.45) is 5.92 Å². The number of rotatable bonds is 5. The van der Waals surface area contributed by atoms with Crippen LogP contribution in [0.4, 0.5) is 4.39 Å². The average molecular weight is 419 g/mol. The molecule has 0 saturated carbocycles. The zero-order valence-electron chi connectivity index (χ0n) is 15.0. The molecule has 1 heterocycles. The Kier molecular flexibility index (Phi) is 6.43. The van der Waals surface area contributed by atoms with Gasteiger partial charge in [-0.15, -0.1) is 0 Å². The molecule has 1 saturated heterocycles. The Balaban J connectivity index is 1.54. The first-order chi connectivity index (χ1) is 12.5. The fourth-order valence-electron chi connectivity index (χ4n) is 3.40. The molecule has 0 aromatic heterocycles. The van der Waals surface area contributed by atoms with Gasteiger partial charge in [-0.2, -0.15) is 0 Å². The molecule has 1 aliphatic rings. The van der Waals surface area contributed by atoms with Crippen LogP contribution in [0.5, 0.6) is 0 Å². The van der Waals surface area contributed by atoms with Gasteiger partial charge in [-0.1, -0.05) is 31.2 Å². The van der Waals surface area contributed by atoms with Gasteiger partial charge in [0.25, 0.3) is 5.91 Å². The molecule has 138 valence electrons. The molecule has 26 heavy (non-hydrogen) atoms. The smallest absolute Gasteiger partial charge is 0.252 e. The van der Waals surface area contributed by atoms with E-state index in [0.717, 1.165) is 18.0 Å². The van der Waals surface area contributed by atoms with Gasteiger partial charge in [-0.05, 0) is 70.6 Å². The molecule has 2 aromatic rings. The first-order valence-corrected chi connectivity index (χ1v) is 9.84. The zero-order valence-corrected chi connectivity index (χ0v) is 16.6. The van der Waals surface area contributed by atoms with E-state index in [2.05, 4.69) is 45.2 Å². The number of benzene rings is 2. The van der Waals surface area contributed by atoms with Crippen molar-refractivity contribution in [2.75, 3.05) is 13.1 Å². The number of likely N-dealkylation sites (tertiary alicyclic amines) is 1. The number of hydrogen-bond donors (Lipinski definition) is 1. The summed E-state index contributed by atoms with van der Waals surface area (Å²) in [7, 11) is 0. The molecule has 0 bridgehead atoms. The van der Waals surface area contributed by atoms with E-state index in [1.54, 1.807) is 6.07 Å². The van der Waals surface area contributed by atoms with Crippen molar-refractivity contribution in [2.45, 2.75) is 32.9 Å². The van der Waals surface area contributed by atoms with Crippen molar-refractivity contribution in [1.82, 2.24) is 10.2 Å². The lowest BCUT2D eigenvalue weighted by molar-refractivity contribution is 0.0949. The molecule has 1 unspecified atom stereocenters. The van der Waals surface area contributed by atoms with Crippen LogP contribution < -0.4 is 5.32 Å². The first-order valence-electron chi connectivity index (χ1n) is 9.04. The minimum Gasteiger partial charge on any atom is -0.348 e. The topological polar surface area (TPSA) is 32.3 Å². The van der Waals surface area contributed by atoms with E-state index in [-0.39, 0.29) is 5.91 Å². The van der Waals surface area contributed by atoms with Crippen LogP contribution in [-0.2, 0) is 13.1 Å². The average Bonchev–Trinajstić information content (AvgIpc) is 2.63. The van der Waals surface area contributed by atoms with Crippen LogP contribution in [0.15, 0.2) is 46.9 Å². The Hall–Kier alpha value is -1.72. The van der Waals surface area contributed by atoms with E-state index in [4.69, 9.17) is 0 Å². The first kappa shape index (κ1) is 19.1. The Labute approximate surface area is 162 Å². The van der Waals surface area contributed by atoms with E-state index < -0.39 is 5.82 Å². The third-order valence-corrected chi connectivity index (χ3v) is 5.49. The van der Waals surface area contributed by atoms with Gasteiger partial charge in [0.1, 0.15) is 5.82 Å². The molecular weight excluding hydrogens is 395 g/mol. The predicted molar refractivity (Wildman–Crippen MR) is 105 cm³/mol. The number of carbonyl (C=O) groups excluding carboxylic acids is 1. The molecular formula is C21H24BrFN2O. The maximum Gasteiger partial charge on any atom is 0.252 e. The quantitative estimate of drug-likeness (QED) is 0.759. The van der Waals surface area contributed by atoms with Gasteiger partial charge in [-0.25, -0.2) is 4.39 Å². The van der Waals surface area contributed by atoms with Gasteiger partial charge in [0, 0.05) is 24.1 Å². The Morgan fingerprint density at radius 1 is 1.23 bits per heavy atom. The number of amides is 1. The summed E-state index contributed by atoms with van der Waals surface area (Å²) in [5, 5.41) is 2.84. The molecule has 1 amide bonds. The van der Waals surface area contributed by atoms with Crippen LogP contribution in [0.3, 0.4) is 0 Å². The van der Waals surface area contributed by atoms with Crippen molar-refractivity contribution >= 4 is 21.8 Å². The largest absolute Gasteiger partial charge is 0.348 e. The maximum absolute atomic E-state index is 13.3. The predicted octanol–water partition coefficient (Wildman–Crippen LogP) is 4.75. The van der Waals surface area contributed by atoms with Crippen LogP contribution in [-0.4, -0.2) is 23.9 Å². The minimum absolute atomic E-state index is 0.289. The molecule has 2 aromatic carbocycles. The number of nitrogens with zero attached hydrogens (tertiary/aromatic N) is 1. The molecule has 5 heteroatoms. The van der Waals surface area contributed by atoms with Crippen LogP contribution in [0, 0.1) is 11.7 Å². The van der Waals surface area contributed by atoms with Crippen molar-refractivity contribution < 1.29 is 9.18 Å². The molecule has 3 nitrogen and oxygen atoms in total. The third-order valence-electron chi connectivity index (χ3n) is 4.80. The number of nitrogens with one attached hydrogen (secondary N) is 1. The van der Waals surface area contributed by atoms with Gasteiger partial charge in [0.05, 0.1) is 5.56 Å². The molecule has 1 N–H and O–H groups in total. The maximum atomic E-state index is 13.3. The van der Waals surface area contributed by atoms with Crippen LogP contribution >= 0.6 is 15.9 Å². The molecule has 0 radical (unpaired) electrons. The summed E-state index contributed by atoms with van der Waals surface area (Å²) >= 11 is 3.29. The second-order valence-electron chi connectivity index (χ2n) is 7.11. The van der Waals surface area contributed by atoms with Crippen molar-refractivity contribution in [3.05, 3.63) is 69.4 Å². The highest BCUT2D eigenvalue weighted by Gasteiger charge is 2.16. The Morgan fingerprint density at radius 3 is 2.69 bits per heavy atom. The van der Waals surface area contributed by atoms with Crippen LogP contribution in [0.2, 0.25) is 0 Å². The monoisotopic (exact) mass is 418 g/mol. The lowest BCUT2D eigenvalue weighted by Gasteiger charge is -2.30. The summed E-state index contributed by atoms with van der Waals surface area (Å²) in [6.45, 7) is 6.05. The Bertz CT molecular complexity index is 763. The highest BCUT2D eigenvalue weighted by Crippen LogP contribution is 2.19. The second-order valence-corrected chi connectivity index (χ2v) is 7.96. The van der Waals surface area contributed by atoms with E-state index in [1.165, 1.54) is 43.6 Å². The van der Waals surface area contributed by atoms with Gasteiger partial charge >= 0.3 is 0 Å². The lowest BCUT2D eigenvalue weighted by Crippen LogP contribution is -2.33. The highest BCUT2D eigenvalue weighted by molar-refractivity contribution is 9.10. The van der Waals surface area contributed by atoms with E-state index in [1.807, 2.05) is 12.1 Å². The van der Waals surface area contributed by atoms with E-state index in [9.17, 15) is 9.18 Å². The molecule has 0 aliphatic carbocycles. The summed E-state index contributed by atoms with van der Waals surface area (Å²) in [6, 6.07) is 12.4. The van der Waals surface area contributed by atoms with Crippen molar-refractivity contribution in [3.8, 4) is 0 Å². The number of piperidine rings is 1. The number of carbonyl (C=O) groups is 1. The second kappa shape index (κ2) is 8.78. The highest BCUT2D eigenvalue weighted by atomic mass is 79.9. The van der Waals surface area contributed by atoms with Gasteiger partial charge < -0.3 is 5.32 Å². The fourth-order valence-corrected chi connectivity index (χ4v) is 3.83. The normalized spacial score (nSPS) is 17.9. The molecule has 3 rings (SSSR count). The molecule has 0 spiro atoms. The molecule has 1 fully saturated rings. The lowest BCUT2D eigenvalue weighted by atomic mass is 9.99. The van der Waals surface area contributed by atoms with E-state index in [0.29, 0.717) is 16.6 Å². The van der Waals surface area contributed by atoms with Gasteiger partial charge in [0.15, 0.2) is 0 Å². The molecule has 1 aliphatic heterocycles. The van der Waals surface area contributed by atoms with Crippen LogP contribution in [0.1, 0.15) is 41.3 Å². The summed E-state index contributed by atoms with van der Waals surface area (Å²) < 4.78 is 13.9. The molecule has 1 atom stereocenters. The third kappa shape index (κ3) is 5.15. The SMILES string of the molecule is CC1CCCN(Cc2ccc(CNC(=O)c3cc(F)ccc3Br)cc2)C1. The summed E-state index contributed by atoms with van der Waals surface area (Å²) in [5.41, 5.74) is 2.63. The van der Waals surface area contributed by atoms with E-state index >= 15 is 0 Å². The van der Waals surface area contributed by atoms with Gasteiger partial charge in [-0.3, -0.25) is 9.69 Å². The van der Waals surface area contributed by atoms with Gasteiger partial charge in [0.2, 0.25) is 0 Å². The minimum atomic E-state index is -0.422. The standard InChI is InChI=1S/C21H24BrFN2O/c1-15-3-2-10-25(13-15)14-17-6-4-16(5-7-17)12-24-21(26)19-11-18(23)8-9-20(19)22/h4-9,11,15H,2-3,10,12-14H2,1H3,(H,24,26). The number of hydrogen-bond acceptors (Lipinski definition) is 2. The fraction of sp³-hybridized carbons (Fsp3) is 0.381. The Morgan fingerprint density at radius 2 is 1.96 bits per heavy atom. The summed E-state index contributed by atoms with van der Waals surface area (Å²) in [5.74, 6) is 0.0675. The van der Waals surface area contributed by atoms with Crippen LogP contribution in [0.25, 0.3) is 0 Å².